The third-order valence-electron chi connectivity index (χ3n) is 6.58. The summed E-state index contributed by atoms with van der Waals surface area (Å²) < 4.78 is 27.3. The SMILES string of the molecule is COc1ncccc1Nc1cc2nc3cc(F)ccc3n(-c3ccc(Cl)cc3)c-2cc1=NC1CCOCC1. The molecule has 0 unspecified atom stereocenters. The number of halogens is 2. The second-order valence-corrected chi connectivity index (χ2v) is 9.51. The Bertz CT molecular complexity index is 1650. The van der Waals surface area contributed by atoms with Gasteiger partial charge >= 0.3 is 0 Å². The molecule has 0 saturated carbocycles. The predicted molar refractivity (Wildman–Crippen MR) is 146 cm³/mol. The molecule has 1 N–H and O–H groups in total. The highest BCUT2D eigenvalue weighted by Crippen LogP contribution is 2.32. The largest absolute Gasteiger partial charge is 0.480 e. The number of fused-ring (bicyclic) bond motifs is 2. The van der Waals surface area contributed by atoms with Gasteiger partial charge in [0.2, 0.25) is 5.88 Å². The lowest BCUT2D eigenvalue weighted by atomic mass is 10.1. The standard InChI is InChI=1S/C29H25ClFN5O2/c1-37-29-22(3-2-12-32-29)34-23-16-26-28(17-24(23)33-20-10-13-38-14-11-20)36(21-7-4-18(30)5-8-21)27-9-6-19(31)15-25(27)35-26/h2-9,12,15-17,20,34H,10-11,13-14H2,1H3. The van der Waals surface area contributed by atoms with E-state index in [0.29, 0.717) is 41.0 Å². The summed E-state index contributed by atoms with van der Waals surface area (Å²) in [7, 11) is 1.58. The average Bonchev–Trinajstić information content (AvgIpc) is 2.94. The first-order valence-electron chi connectivity index (χ1n) is 12.4. The van der Waals surface area contributed by atoms with E-state index in [2.05, 4.69) is 14.9 Å². The molecule has 7 nitrogen and oxygen atoms in total. The van der Waals surface area contributed by atoms with Crippen LogP contribution in [0.15, 0.2) is 77.9 Å². The second-order valence-electron chi connectivity index (χ2n) is 9.07. The van der Waals surface area contributed by atoms with E-state index in [-0.39, 0.29) is 11.9 Å². The molecule has 3 aliphatic rings. The number of methoxy groups -OCH3 is 1. The van der Waals surface area contributed by atoms with Gasteiger partial charge in [0, 0.05) is 36.2 Å². The minimum absolute atomic E-state index is 0.129. The minimum Gasteiger partial charge on any atom is -0.480 e. The number of nitrogens with one attached hydrogen (secondary N) is 1. The first-order valence-corrected chi connectivity index (χ1v) is 12.8. The van der Waals surface area contributed by atoms with E-state index < -0.39 is 0 Å². The second kappa shape index (κ2) is 10.4. The van der Waals surface area contributed by atoms with Crippen molar-refractivity contribution in [1.29, 1.82) is 0 Å². The number of hydrogen-bond acceptors (Lipinski definition) is 6. The van der Waals surface area contributed by atoms with Crippen LogP contribution in [-0.2, 0) is 4.74 Å². The van der Waals surface area contributed by atoms with Gasteiger partial charge in [-0.25, -0.2) is 14.4 Å². The van der Waals surface area contributed by atoms with Gasteiger partial charge in [-0.1, -0.05) is 11.6 Å². The topological polar surface area (TPSA) is 73.6 Å². The highest BCUT2D eigenvalue weighted by atomic mass is 35.5. The van der Waals surface area contributed by atoms with Gasteiger partial charge in [-0.2, -0.15) is 0 Å². The Kier molecular flexibility index (Phi) is 6.66. The number of ether oxygens (including phenoxy) is 2. The Labute approximate surface area is 223 Å². The van der Waals surface area contributed by atoms with Crippen molar-refractivity contribution in [2.45, 2.75) is 18.9 Å². The number of aromatic nitrogens is 3. The normalized spacial score (nSPS) is 14.8. The highest BCUT2D eigenvalue weighted by Gasteiger charge is 2.19. The van der Waals surface area contributed by atoms with Gasteiger partial charge in [-0.3, -0.25) is 4.99 Å². The molecule has 0 bridgehead atoms. The van der Waals surface area contributed by atoms with Crippen LogP contribution >= 0.6 is 11.6 Å². The molecular weight excluding hydrogens is 505 g/mol. The number of hydrogen-bond donors (Lipinski definition) is 1. The van der Waals surface area contributed by atoms with E-state index in [1.807, 2.05) is 48.5 Å². The molecule has 2 aromatic carbocycles. The molecule has 38 heavy (non-hydrogen) atoms. The van der Waals surface area contributed by atoms with Crippen molar-refractivity contribution < 1.29 is 13.9 Å². The highest BCUT2D eigenvalue weighted by molar-refractivity contribution is 6.30. The fraction of sp³-hybridized carbons (Fsp3) is 0.207. The van der Waals surface area contributed by atoms with Gasteiger partial charge in [0.25, 0.3) is 0 Å². The molecule has 1 aliphatic carbocycles. The van der Waals surface area contributed by atoms with Crippen molar-refractivity contribution >= 4 is 34.0 Å². The van der Waals surface area contributed by atoms with Crippen LogP contribution in [0.3, 0.4) is 0 Å². The van der Waals surface area contributed by atoms with E-state index >= 15 is 0 Å². The molecule has 2 aliphatic heterocycles. The molecular formula is C29H25ClFN5O2. The van der Waals surface area contributed by atoms with Gasteiger partial charge in [0.15, 0.2) is 0 Å². The summed E-state index contributed by atoms with van der Waals surface area (Å²) >= 11 is 6.19. The molecule has 1 saturated heterocycles. The lowest BCUT2D eigenvalue weighted by Gasteiger charge is -2.22. The van der Waals surface area contributed by atoms with E-state index in [1.54, 1.807) is 19.4 Å². The number of benzene rings is 3. The first-order chi connectivity index (χ1) is 18.6. The molecule has 1 fully saturated rings. The number of rotatable bonds is 5. The number of pyridine rings is 1. The maximum Gasteiger partial charge on any atom is 0.237 e. The molecule has 0 spiro atoms. The fourth-order valence-corrected chi connectivity index (χ4v) is 4.88. The smallest absolute Gasteiger partial charge is 0.237 e. The summed E-state index contributed by atoms with van der Waals surface area (Å²) in [6, 6.07) is 20.0. The first kappa shape index (κ1) is 24.3. The lowest BCUT2D eigenvalue weighted by molar-refractivity contribution is 0.0864. The molecule has 9 heteroatoms. The van der Waals surface area contributed by atoms with Crippen LogP contribution in [-0.4, -0.2) is 40.9 Å². The van der Waals surface area contributed by atoms with E-state index in [0.717, 1.165) is 40.8 Å². The Balaban J connectivity index is 1.63. The van der Waals surface area contributed by atoms with Crippen LogP contribution in [0.25, 0.3) is 28.1 Å². The maximum atomic E-state index is 14.3. The van der Waals surface area contributed by atoms with E-state index in [4.69, 9.17) is 31.1 Å². The Morgan fingerprint density at radius 1 is 1.05 bits per heavy atom. The molecule has 6 rings (SSSR count). The quantitative estimate of drug-likeness (QED) is 0.276. The van der Waals surface area contributed by atoms with Crippen molar-refractivity contribution in [1.82, 2.24) is 14.5 Å². The molecule has 3 aromatic rings. The summed E-state index contributed by atoms with van der Waals surface area (Å²) in [5, 5.41) is 4.86. The van der Waals surface area contributed by atoms with Crippen LogP contribution in [0, 0.1) is 5.82 Å². The summed E-state index contributed by atoms with van der Waals surface area (Å²) in [5.41, 5.74) is 5.15. The third kappa shape index (κ3) is 4.80. The summed E-state index contributed by atoms with van der Waals surface area (Å²) in [5.74, 6) is 0.117. The van der Waals surface area contributed by atoms with Crippen LogP contribution in [0.5, 0.6) is 5.88 Å². The van der Waals surface area contributed by atoms with Crippen molar-refractivity contribution in [3.63, 3.8) is 0 Å². The molecule has 1 aromatic heterocycles. The fourth-order valence-electron chi connectivity index (χ4n) is 4.75. The van der Waals surface area contributed by atoms with Crippen LogP contribution in [0.2, 0.25) is 5.02 Å². The summed E-state index contributed by atoms with van der Waals surface area (Å²) in [4.78, 5) is 14.3. The number of anilines is 2. The number of nitrogens with zero attached hydrogens (tertiary/aromatic N) is 4. The van der Waals surface area contributed by atoms with Crippen molar-refractivity contribution in [3.8, 4) is 23.0 Å². The minimum atomic E-state index is -0.350. The van der Waals surface area contributed by atoms with E-state index in [1.165, 1.54) is 12.1 Å². The monoisotopic (exact) mass is 529 g/mol. The Morgan fingerprint density at radius 2 is 1.87 bits per heavy atom. The van der Waals surface area contributed by atoms with Crippen LogP contribution in [0.1, 0.15) is 12.8 Å². The van der Waals surface area contributed by atoms with E-state index in [9.17, 15) is 4.39 Å². The molecule has 3 heterocycles. The molecule has 0 amide bonds. The van der Waals surface area contributed by atoms with Gasteiger partial charge in [-0.05, 0) is 73.5 Å². The lowest BCUT2D eigenvalue weighted by Crippen LogP contribution is -2.23. The van der Waals surface area contributed by atoms with Gasteiger partial charge < -0.3 is 19.4 Å². The molecule has 0 atom stereocenters. The molecule has 192 valence electrons. The average molecular weight is 530 g/mol. The predicted octanol–water partition coefficient (Wildman–Crippen LogP) is 6.15. The molecule has 0 radical (unpaired) electrons. The summed E-state index contributed by atoms with van der Waals surface area (Å²) in [6.45, 7) is 1.37. The third-order valence-corrected chi connectivity index (χ3v) is 6.84. The van der Waals surface area contributed by atoms with Crippen molar-refractivity contribution in [2.75, 3.05) is 25.6 Å². The zero-order valence-electron chi connectivity index (χ0n) is 20.7. The van der Waals surface area contributed by atoms with Crippen LogP contribution in [0.4, 0.5) is 15.8 Å². The van der Waals surface area contributed by atoms with Crippen LogP contribution < -0.4 is 15.4 Å². The van der Waals surface area contributed by atoms with Crippen molar-refractivity contribution in [3.05, 3.63) is 89.1 Å². The zero-order chi connectivity index (χ0) is 26.1. The zero-order valence-corrected chi connectivity index (χ0v) is 21.5. The van der Waals surface area contributed by atoms with Crippen molar-refractivity contribution in [2.24, 2.45) is 4.99 Å². The maximum absolute atomic E-state index is 14.3. The van der Waals surface area contributed by atoms with Gasteiger partial charge in [0.05, 0.1) is 46.6 Å². The Hall–Kier alpha value is -4.01. The summed E-state index contributed by atoms with van der Waals surface area (Å²) in [6.07, 6.45) is 3.37. The van der Waals surface area contributed by atoms with Gasteiger partial charge in [0.1, 0.15) is 11.5 Å². The Morgan fingerprint density at radius 3 is 2.66 bits per heavy atom. The van der Waals surface area contributed by atoms with Gasteiger partial charge in [-0.15, -0.1) is 0 Å².